The van der Waals surface area contributed by atoms with Crippen LogP contribution < -0.4 is 15.5 Å². The van der Waals surface area contributed by atoms with E-state index in [4.69, 9.17) is 0 Å². The van der Waals surface area contributed by atoms with E-state index in [0.717, 1.165) is 17.1 Å². The fourth-order valence-electron chi connectivity index (χ4n) is 1.85. The van der Waals surface area contributed by atoms with Crippen molar-refractivity contribution in [1.29, 1.82) is 0 Å². The number of benzene rings is 1. The predicted octanol–water partition coefficient (Wildman–Crippen LogP) is 2.44. The minimum absolute atomic E-state index is 0.182. The number of anilines is 3. The van der Waals surface area contributed by atoms with Gasteiger partial charge in [0.1, 0.15) is 0 Å². The van der Waals surface area contributed by atoms with Crippen LogP contribution in [-0.4, -0.2) is 32.0 Å². The van der Waals surface area contributed by atoms with Gasteiger partial charge in [-0.1, -0.05) is 6.07 Å². The van der Waals surface area contributed by atoms with Crippen LogP contribution in [0.15, 0.2) is 42.7 Å². The Morgan fingerprint density at radius 1 is 1.25 bits per heavy atom. The van der Waals surface area contributed by atoms with E-state index < -0.39 is 0 Å². The third-order valence-electron chi connectivity index (χ3n) is 2.96. The number of nitrogens with one attached hydrogen (secondary N) is 2. The topological polar surface area (TPSA) is 57.3 Å². The van der Waals surface area contributed by atoms with Gasteiger partial charge in [0.05, 0.1) is 5.56 Å². The van der Waals surface area contributed by atoms with Gasteiger partial charge in [0.2, 0.25) is 0 Å². The summed E-state index contributed by atoms with van der Waals surface area (Å²) in [4.78, 5) is 18.2. The van der Waals surface area contributed by atoms with Crippen LogP contribution in [-0.2, 0) is 0 Å². The lowest BCUT2D eigenvalue weighted by Crippen LogP contribution is -2.15. The van der Waals surface area contributed by atoms with Gasteiger partial charge in [-0.15, -0.1) is 0 Å². The molecule has 0 saturated heterocycles. The van der Waals surface area contributed by atoms with Gasteiger partial charge in [0, 0.05) is 50.6 Å². The van der Waals surface area contributed by atoms with Crippen molar-refractivity contribution in [2.24, 2.45) is 0 Å². The van der Waals surface area contributed by atoms with Crippen LogP contribution in [0.3, 0.4) is 0 Å². The molecule has 0 bridgehead atoms. The summed E-state index contributed by atoms with van der Waals surface area (Å²) in [6, 6.07) is 9.45. The van der Waals surface area contributed by atoms with Crippen LogP contribution in [0.2, 0.25) is 0 Å². The lowest BCUT2D eigenvalue weighted by Gasteiger charge is -2.14. The number of nitrogens with zero attached hydrogens (tertiary/aromatic N) is 2. The highest BCUT2D eigenvalue weighted by molar-refractivity contribution is 6.07. The quantitative estimate of drug-likeness (QED) is 0.896. The second kappa shape index (κ2) is 6.06. The molecule has 5 nitrogen and oxygen atoms in total. The molecule has 5 heteroatoms. The second-order valence-electron chi connectivity index (χ2n) is 4.57. The van der Waals surface area contributed by atoms with Gasteiger partial charge in [0.25, 0.3) is 5.91 Å². The summed E-state index contributed by atoms with van der Waals surface area (Å²) >= 11 is 0. The molecular formula is C15H18N4O. The molecule has 0 saturated carbocycles. The summed E-state index contributed by atoms with van der Waals surface area (Å²) in [6.45, 7) is 0. The molecule has 2 aromatic rings. The van der Waals surface area contributed by atoms with Crippen molar-refractivity contribution < 1.29 is 4.79 Å². The first kappa shape index (κ1) is 13.9. The molecular weight excluding hydrogens is 252 g/mol. The number of carbonyl (C=O) groups is 1. The number of carbonyl (C=O) groups excluding carboxylic acids is 1. The predicted molar refractivity (Wildman–Crippen MR) is 82.5 cm³/mol. The lowest BCUT2D eigenvalue weighted by molar-refractivity contribution is 0.102. The third kappa shape index (κ3) is 3.06. The van der Waals surface area contributed by atoms with Crippen molar-refractivity contribution in [2.45, 2.75) is 0 Å². The fraction of sp³-hybridized carbons (Fsp3) is 0.200. The molecule has 1 aromatic carbocycles. The van der Waals surface area contributed by atoms with Gasteiger partial charge in [-0.05, 0) is 24.3 Å². The lowest BCUT2D eigenvalue weighted by atomic mass is 10.2. The Balaban J connectivity index is 2.21. The maximum absolute atomic E-state index is 12.3. The van der Waals surface area contributed by atoms with E-state index in [0.29, 0.717) is 5.56 Å². The second-order valence-corrected chi connectivity index (χ2v) is 4.57. The summed E-state index contributed by atoms with van der Waals surface area (Å²) in [5.41, 5.74) is 3.06. The summed E-state index contributed by atoms with van der Waals surface area (Å²) in [5, 5.41) is 5.87. The Morgan fingerprint density at radius 3 is 2.75 bits per heavy atom. The Hall–Kier alpha value is -2.56. The number of rotatable bonds is 4. The molecule has 20 heavy (non-hydrogen) atoms. The summed E-state index contributed by atoms with van der Waals surface area (Å²) in [6.07, 6.45) is 3.20. The number of amides is 1. The number of aromatic nitrogens is 1. The third-order valence-corrected chi connectivity index (χ3v) is 2.96. The minimum atomic E-state index is -0.182. The molecule has 0 unspecified atom stereocenters. The molecule has 0 aliphatic heterocycles. The Kier molecular flexibility index (Phi) is 4.20. The highest BCUT2D eigenvalue weighted by atomic mass is 16.1. The molecule has 0 radical (unpaired) electrons. The van der Waals surface area contributed by atoms with Gasteiger partial charge in [0.15, 0.2) is 0 Å². The summed E-state index contributed by atoms with van der Waals surface area (Å²) < 4.78 is 0. The van der Waals surface area contributed by atoms with Crippen LogP contribution in [0.25, 0.3) is 0 Å². The van der Waals surface area contributed by atoms with E-state index in [1.165, 1.54) is 0 Å². The zero-order valence-electron chi connectivity index (χ0n) is 11.8. The highest BCUT2D eigenvalue weighted by Gasteiger charge is 2.11. The number of hydrogen-bond donors (Lipinski definition) is 2. The molecule has 2 N–H and O–H groups in total. The normalized spacial score (nSPS) is 9.95. The first-order chi connectivity index (χ1) is 9.61. The molecule has 0 atom stereocenters. The summed E-state index contributed by atoms with van der Waals surface area (Å²) in [7, 11) is 5.70. The Morgan fingerprint density at radius 2 is 2.05 bits per heavy atom. The van der Waals surface area contributed by atoms with E-state index in [-0.39, 0.29) is 5.91 Å². The van der Waals surface area contributed by atoms with Crippen molar-refractivity contribution in [3.63, 3.8) is 0 Å². The molecule has 0 fully saturated rings. The molecule has 0 spiro atoms. The zero-order valence-corrected chi connectivity index (χ0v) is 11.8. The molecule has 2 rings (SSSR count). The average molecular weight is 270 g/mol. The van der Waals surface area contributed by atoms with Gasteiger partial charge in [-0.2, -0.15) is 0 Å². The van der Waals surface area contributed by atoms with E-state index in [1.807, 2.05) is 43.3 Å². The smallest absolute Gasteiger partial charge is 0.259 e. The minimum Gasteiger partial charge on any atom is -0.387 e. The van der Waals surface area contributed by atoms with Crippen molar-refractivity contribution in [3.8, 4) is 0 Å². The Labute approximate surface area is 118 Å². The fourth-order valence-corrected chi connectivity index (χ4v) is 1.85. The first-order valence-corrected chi connectivity index (χ1v) is 6.32. The molecule has 1 aromatic heterocycles. The van der Waals surface area contributed by atoms with E-state index >= 15 is 0 Å². The van der Waals surface area contributed by atoms with Crippen molar-refractivity contribution in [2.75, 3.05) is 36.7 Å². The van der Waals surface area contributed by atoms with Crippen LogP contribution in [0.5, 0.6) is 0 Å². The SMILES string of the molecule is CNc1ccncc1C(=O)Nc1cccc(N(C)C)c1. The first-order valence-electron chi connectivity index (χ1n) is 6.32. The van der Waals surface area contributed by atoms with Crippen LogP contribution >= 0.6 is 0 Å². The van der Waals surface area contributed by atoms with Crippen molar-refractivity contribution >= 4 is 23.0 Å². The van der Waals surface area contributed by atoms with E-state index in [9.17, 15) is 4.79 Å². The zero-order chi connectivity index (χ0) is 14.5. The van der Waals surface area contributed by atoms with Crippen LogP contribution in [0.1, 0.15) is 10.4 Å². The number of hydrogen-bond acceptors (Lipinski definition) is 4. The van der Waals surface area contributed by atoms with Crippen molar-refractivity contribution in [3.05, 3.63) is 48.3 Å². The highest BCUT2D eigenvalue weighted by Crippen LogP contribution is 2.19. The largest absolute Gasteiger partial charge is 0.387 e. The van der Waals surface area contributed by atoms with Gasteiger partial charge < -0.3 is 15.5 Å². The molecule has 104 valence electrons. The van der Waals surface area contributed by atoms with Gasteiger partial charge >= 0.3 is 0 Å². The standard InChI is InChI=1S/C15H18N4O/c1-16-14-7-8-17-10-13(14)15(20)18-11-5-4-6-12(9-11)19(2)3/h4-10H,1-3H3,(H,16,17)(H,18,20). The Bertz CT molecular complexity index is 610. The summed E-state index contributed by atoms with van der Waals surface area (Å²) in [5.74, 6) is -0.182. The van der Waals surface area contributed by atoms with Crippen LogP contribution in [0.4, 0.5) is 17.1 Å². The van der Waals surface area contributed by atoms with Crippen LogP contribution in [0, 0.1) is 0 Å². The molecule has 1 amide bonds. The maximum atomic E-state index is 12.3. The van der Waals surface area contributed by atoms with Crippen molar-refractivity contribution in [1.82, 2.24) is 4.98 Å². The average Bonchev–Trinajstić information content (AvgIpc) is 2.47. The molecule has 1 heterocycles. The van der Waals surface area contributed by atoms with E-state index in [2.05, 4.69) is 15.6 Å². The monoisotopic (exact) mass is 270 g/mol. The van der Waals surface area contributed by atoms with Gasteiger partial charge in [-0.3, -0.25) is 9.78 Å². The number of pyridine rings is 1. The molecule has 0 aliphatic rings. The molecule has 0 aliphatic carbocycles. The maximum Gasteiger partial charge on any atom is 0.259 e. The van der Waals surface area contributed by atoms with E-state index in [1.54, 1.807) is 25.5 Å². The van der Waals surface area contributed by atoms with Gasteiger partial charge in [-0.25, -0.2) is 0 Å².